The molecule has 2 aliphatic rings. The number of fused-ring (bicyclic) bond motifs is 1. The van der Waals surface area contributed by atoms with Crippen LogP contribution >= 0.6 is 15.9 Å². The van der Waals surface area contributed by atoms with E-state index in [0.29, 0.717) is 6.04 Å². The van der Waals surface area contributed by atoms with E-state index in [2.05, 4.69) is 40.3 Å². The third-order valence-corrected chi connectivity index (χ3v) is 4.88. The Labute approximate surface area is 124 Å². The van der Waals surface area contributed by atoms with Crippen molar-refractivity contribution in [1.82, 2.24) is 5.32 Å². The predicted octanol–water partition coefficient (Wildman–Crippen LogP) is 4.05. The number of halogens is 1. The molecule has 1 aromatic rings. The van der Waals surface area contributed by atoms with Gasteiger partial charge >= 0.3 is 0 Å². The third-order valence-electron chi connectivity index (χ3n) is 4.42. The molecule has 1 aromatic carbocycles. The van der Waals surface area contributed by atoms with Crippen molar-refractivity contribution < 1.29 is 4.74 Å². The van der Waals surface area contributed by atoms with E-state index in [0.717, 1.165) is 31.2 Å². The average molecular weight is 324 g/mol. The molecule has 104 valence electrons. The van der Waals surface area contributed by atoms with E-state index in [-0.39, 0.29) is 0 Å². The molecule has 0 bridgehead atoms. The lowest BCUT2D eigenvalue weighted by atomic mass is 9.87. The molecule has 1 N–H and O–H groups in total. The molecule has 0 saturated heterocycles. The van der Waals surface area contributed by atoms with Gasteiger partial charge in [0.05, 0.1) is 6.61 Å². The molecule has 3 heteroatoms. The Bertz CT molecular complexity index is 452. The molecule has 2 nitrogen and oxygen atoms in total. The summed E-state index contributed by atoms with van der Waals surface area (Å²) in [6, 6.07) is 5.07. The highest BCUT2D eigenvalue weighted by Gasteiger charge is 2.20. The normalized spacial score (nSPS) is 26.0. The van der Waals surface area contributed by atoms with E-state index in [1.54, 1.807) is 0 Å². The zero-order valence-electron chi connectivity index (χ0n) is 11.5. The first-order chi connectivity index (χ1) is 9.22. The molecule has 3 rings (SSSR count). The van der Waals surface area contributed by atoms with E-state index >= 15 is 0 Å². The number of hydrogen-bond acceptors (Lipinski definition) is 2. The molecule has 1 aliphatic carbocycles. The van der Waals surface area contributed by atoms with Crippen molar-refractivity contribution in [3.05, 3.63) is 27.7 Å². The zero-order chi connectivity index (χ0) is 13.2. The highest BCUT2D eigenvalue weighted by atomic mass is 79.9. The van der Waals surface area contributed by atoms with Crippen molar-refractivity contribution >= 4 is 15.9 Å². The van der Waals surface area contributed by atoms with E-state index in [4.69, 9.17) is 4.74 Å². The quantitative estimate of drug-likeness (QED) is 0.906. The summed E-state index contributed by atoms with van der Waals surface area (Å²) in [5.41, 5.74) is 2.66. The number of rotatable bonds is 3. The molecule has 1 aliphatic heterocycles. The summed E-state index contributed by atoms with van der Waals surface area (Å²) >= 11 is 3.61. The summed E-state index contributed by atoms with van der Waals surface area (Å²) in [6.07, 6.45) is 6.41. The van der Waals surface area contributed by atoms with Gasteiger partial charge in [-0.25, -0.2) is 0 Å². The second-order valence-corrected chi connectivity index (χ2v) is 6.90. The second kappa shape index (κ2) is 5.84. The van der Waals surface area contributed by atoms with Gasteiger partial charge in [0, 0.05) is 29.0 Å². The molecular formula is C16H22BrNO. The molecule has 0 aromatic heterocycles. The Morgan fingerprint density at radius 3 is 2.84 bits per heavy atom. The standard InChI is InChI=1S/C16H22BrNO/c1-11-2-4-15(5-3-11)18-10-13-9-14(17)8-12-6-7-19-16(12)13/h8-9,11,15,18H,2-7,10H2,1H3. The number of ether oxygens (including phenoxy) is 1. The first kappa shape index (κ1) is 13.4. The summed E-state index contributed by atoms with van der Waals surface area (Å²) < 4.78 is 6.95. The molecule has 0 radical (unpaired) electrons. The average Bonchev–Trinajstić information content (AvgIpc) is 2.85. The SMILES string of the molecule is CC1CCC(NCc2cc(Br)cc3c2OCC3)CC1. The van der Waals surface area contributed by atoms with Gasteiger partial charge in [-0.15, -0.1) is 0 Å². The van der Waals surface area contributed by atoms with Crippen LogP contribution in [0.2, 0.25) is 0 Å². The van der Waals surface area contributed by atoms with Crippen molar-refractivity contribution in [2.45, 2.75) is 51.6 Å². The van der Waals surface area contributed by atoms with Crippen LogP contribution in [0, 0.1) is 5.92 Å². The molecule has 19 heavy (non-hydrogen) atoms. The minimum Gasteiger partial charge on any atom is -0.493 e. The minimum atomic E-state index is 0.687. The lowest BCUT2D eigenvalue weighted by Gasteiger charge is -2.27. The van der Waals surface area contributed by atoms with Gasteiger partial charge in [0.25, 0.3) is 0 Å². The van der Waals surface area contributed by atoms with Crippen LogP contribution in [-0.2, 0) is 13.0 Å². The van der Waals surface area contributed by atoms with Crippen molar-refractivity contribution in [1.29, 1.82) is 0 Å². The van der Waals surface area contributed by atoms with E-state index < -0.39 is 0 Å². The fourth-order valence-corrected chi connectivity index (χ4v) is 3.75. The first-order valence-electron chi connectivity index (χ1n) is 7.40. The Kier molecular flexibility index (Phi) is 4.13. The van der Waals surface area contributed by atoms with Crippen LogP contribution in [0.1, 0.15) is 43.7 Å². The summed E-state index contributed by atoms with van der Waals surface area (Å²) in [5.74, 6) is 2.04. The van der Waals surface area contributed by atoms with Crippen molar-refractivity contribution in [2.24, 2.45) is 5.92 Å². The van der Waals surface area contributed by atoms with E-state index in [9.17, 15) is 0 Å². The molecule has 1 heterocycles. The van der Waals surface area contributed by atoms with Crippen LogP contribution in [-0.4, -0.2) is 12.6 Å². The molecule has 1 fully saturated rings. The third kappa shape index (κ3) is 3.14. The van der Waals surface area contributed by atoms with Crippen molar-refractivity contribution in [2.75, 3.05) is 6.61 Å². The predicted molar refractivity (Wildman–Crippen MR) is 81.6 cm³/mol. The Morgan fingerprint density at radius 2 is 2.05 bits per heavy atom. The smallest absolute Gasteiger partial charge is 0.127 e. The van der Waals surface area contributed by atoms with Gasteiger partial charge < -0.3 is 10.1 Å². The molecule has 0 spiro atoms. The maximum Gasteiger partial charge on any atom is 0.127 e. The number of benzene rings is 1. The summed E-state index contributed by atoms with van der Waals surface area (Å²) in [6.45, 7) is 4.13. The number of nitrogens with one attached hydrogen (secondary N) is 1. The van der Waals surface area contributed by atoms with Gasteiger partial charge in [-0.2, -0.15) is 0 Å². The summed E-state index contributed by atoms with van der Waals surface area (Å²) in [5, 5.41) is 3.71. The lowest BCUT2D eigenvalue weighted by Crippen LogP contribution is -2.32. The van der Waals surface area contributed by atoms with Crippen LogP contribution in [0.4, 0.5) is 0 Å². The highest BCUT2D eigenvalue weighted by molar-refractivity contribution is 9.10. The van der Waals surface area contributed by atoms with Gasteiger partial charge in [0.15, 0.2) is 0 Å². The van der Waals surface area contributed by atoms with Gasteiger partial charge in [-0.05, 0) is 49.3 Å². The van der Waals surface area contributed by atoms with Crippen molar-refractivity contribution in [3.63, 3.8) is 0 Å². The van der Waals surface area contributed by atoms with E-state index in [1.165, 1.54) is 41.3 Å². The topological polar surface area (TPSA) is 21.3 Å². The largest absolute Gasteiger partial charge is 0.493 e. The van der Waals surface area contributed by atoms with Crippen LogP contribution in [0.15, 0.2) is 16.6 Å². The van der Waals surface area contributed by atoms with Gasteiger partial charge in [-0.1, -0.05) is 22.9 Å². The zero-order valence-corrected chi connectivity index (χ0v) is 13.1. The first-order valence-corrected chi connectivity index (χ1v) is 8.19. The van der Waals surface area contributed by atoms with Crippen LogP contribution in [0.25, 0.3) is 0 Å². The highest BCUT2D eigenvalue weighted by Crippen LogP contribution is 2.33. The maximum absolute atomic E-state index is 5.78. The Morgan fingerprint density at radius 1 is 1.26 bits per heavy atom. The lowest BCUT2D eigenvalue weighted by molar-refractivity contribution is 0.304. The van der Waals surface area contributed by atoms with E-state index in [1.807, 2.05) is 0 Å². The van der Waals surface area contributed by atoms with Crippen LogP contribution in [0.5, 0.6) is 5.75 Å². The minimum absolute atomic E-state index is 0.687. The second-order valence-electron chi connectivity index (χ2n) is 5.99. The fraction of sp³-hybridized carbons (Fsp3) is 0.625. The monoisotopic (exact) mass is 323 g/mol. The summed E-state index contributed by atoms with van der Waals surface area (Å²) in [4.78, 5) is 0. The van der Waals surface area contributed by atoms with Crippen molar-refractivity contribution in [3.8, 4) is 5.75 Å². The molecule has 0 amide bonds. The Hall–Kier alpha value is -0.540. The van der Waals surface area contributed by atoms with Gasteiger partial charge in [0.2, 0.25) is 0 Å². The van der Waals surface area contributed by atoms with Gasteiger partial charge in [0.1, 0.15) is 5.75 Å². The summed E-state index contributed by atoms with van der Waals surface area (Å²) in [7, 11) is 0. The van der Waals surface area contributed by atoms with Crippen LogP contribution in [0.3, 0.4) is 0 Å². The molecule has 0 unspecified atom stereocenters. The molecular weight excluding hydrogens is 302 g/mol. The number of hydrogen-bond donors (Lipinski definition) is 1. The van der Waals surface area contributed by atoms with Gasteiger partial charge in [-0.3, -0.25) is 0 Å². The molecule has 0 atom stereocenters. The maximum atomic E-state index is 5.78. The molecule has 1 saturated carbocycles. The van der Waals surface area contributed by atoms with Crippen LogP contribution < -0.4 is 10.1 Å². The Balaban J connectivity index is 1.64. The fourth-order valence-electron chi connectivity index (χ4n) is 3.20.